The molecule has 14 rings (SSSR count). The Morgan fingerprint density at radius 2 is 1.05 bits per heavy atom. The van der Waals surface area contributed by atoms with Crippen molar-refractivity contribution in [2.75, 3.05) is 75.9 Å². The van der Waals surface area contributed by atoms with Crippen LogP contribution in [0.1, 0.15) is 102 Å². The number of amides is 4. The Bertz CT molecular complexity index is 4050. The molecule has 0 aliphatic carbocycles. The van der Waals surface area contributed by atoms with Crippen LogP contribution < -0.4 is 27.4 Å². The summed E-state index contributed by atoms with van der Waals surface area (Å²) in [5, 5.41) is 19.8. The van der Waals surface area contributed by atoms with Crippen molar-refractivity contribution < 1.29 is 56.9 Å². The Morgan fingerprint density at radius 1 is 0.621 bits per heavy atom. The third-order valence-corrected chi connectivity index (χ3v) is 16.3. The van der Waals surface area contributed by atoms with Gasteiger partial charge in [0.15, 0.2) is 0 Å². The highest BCUT2D eigenvalue weighted by Crippen LogP contribution is 2.38. The van der Waals surface area contributed by atoms with E-state index in [2.05, 4.69) is 35.9 Å². The maximum Gasteiger partial charge on any atom is 0.410 e. The lowest BCUT2D eigenvalue weighted by molar-refractivity contribution is -0.214. The smallest absolute Gasteiger partial charge is 0.410 e. The number of rotatable bonds is 12. The van der Waals surface area contributed by atoms with Crippen LogP contribution in [0, 0.1) is 13.8 Å². The van der Waals surface area contributed by atoms with Crippen molar-refractivity contribution in [1.82, 2.24) is 45.7 Å². The van der Waals surface area contributed by atoms with E-state index in [0.717, 1.165) is 107 Å². The molecule has 6 aliphatic rings. The number of ether oxygens (including phenoxy) is 4. The Labute approximate surface area is 560 Å². The van der Waals surface area contributed by atoms with Crippen molar-refractivity contribution in [3.63, 3.8) is 0 Å². The molecule has 0 saturated carbocycles. The van der Waals surface area contributed by atoms with E-state index in [1.807, 2.05) is 88.0 Å². The summed E-state index contributed by atoms with van der Waals surface area (Å²) in [5.41, 5.74) is 19.8. The van der Waals surface area contributed by atoms with E-state index in [9.17, 15) is 24.0 Å². The lowest BCUT2D eigenvalue weighted by Crippen LogP contribution is -2.69. The number of nitrogens with two attached hydrogens (primary N) is 2. The zero-order valence-electron chi connectivity index (χ0n) is 52.8. The number of carboxylic acids is 1. The van der Waals surface area contributed by atoms with Crippen molar-refractivity contribution in [1.29, 1.82) is 0 Å². The van der Waals surface area contributed by atoms with Crippen LogP contribution in [0.25, 0.3) is 56.6 Å². The molecule has 12 heterocycles. The maximum atomic E-state index is 12.7. The first-order valence-electron chi connectivity index (χ1n) is 30.6. The number of carbonyl (C=O) groups is 5. The van der Waals surface area contributed by atoms with Crippen LogP contribution in [0.4, 0.5) is 16.4 Å². The number of alkyl halides is 2. The number of nitrogen functional groups attached to an aromatic ring is 2. The SMILES string of the molecule is C.C1CC2(CNC2)O1.CC(C)(C)OC(=O)N1CC2(CCO2)C1.Cc1cc(-c2ccc(C(=O)N3CC4(CCO4)C3)cn2)cc2cc(CNC(=O)/C=C/c3ccc(N)nc3)oc12.Cc1cc(-c2ccc(C(=O)O)cn2)cc2cc(CNC(=O)/C=C/c3ccc(N)nc3)oc12.ClCCl. The number of aromatic nitrogens is 4. The summed E-state index contributed by atoms with van der Waals surface area (Å²) in [6, 6.07) is 25.4. The van der Waals surface area contributed by atoms with Crippen molar-refractivity contribution in [3.8, 4) is 22.5 Å². The fraction of sp³-hybridized carbons (Fsp3) is 0.357. The van der Waals surface area contributed by atoms with Crippen molar-refractivity contribution in [2.45, 2.75) is 96.8 Å². The second-order valence-electron chi connectivity index (χ2n) is 24.7. The normalized spacial score (nSPS) is 16.4. The number of anilines is 2. The van der Waals surface area contributed by atoms with Gasteiger partial charge in [0.05, 0.1) is 92.5 Å². The Hall–Kier alpha value is -9.23. The first-order chi connectivity index (χ1) is 45.0. The molecule has 8 N–H and O–H groups in total. The summed E-state index contributed by atoms with van der Waals surface area (Å²) in [6.07, 6.45) is 15.5. The molecule has 3 spiro atoms. The van der Waals surface area contributed by atoms with Gasteiger partial charge in [0.25, 0.3) is 5.91 Å². The summed E-state index contributed by atoms with van der Waals surface area (Å²) in [7, 11) is 0. The Balaban J connectivity index is 0.000000166. The minimum Gasteiger partial charge on any atom is -0.478 e. The van der Waals surface area contributed by atoms with E-state index in [4.69, 9.17) is 67.6 Å². The summed E-state index contributed by atoms with van der Waals surface area (Å²) < 4.78 is 33.5. The molecule has 0 atom stereocenters. The first-order valence-corrected chi connectivity index (χ1v) is 31.7. The number of nitrogens with one attached hydrogen (secondary N) is 3. The second-order valence-corrected chi connectivity index (χ2v) is 25.5. The van der Waals surface area contributed by atoms with E-state index in [1.165, 1.54) is 30.8 Å². The summed E-state index contributed by atoms with van der Waals surface area (Å²) in [4.78, 5) is 79.9. The highest BCUT2D eigenvalue weighted by molar-refractivity contribution is 6.40. The largest absolute Gasteiger partial charge is 0.478 e. The first kappa shape index (κ1) is 70.1. The molecule has 0 unspecified atom stereocenters. The molecule has 4 amide bonds. The van der Waals surface area contributed by atoms with Crippen LogP contribution in [0.3, 0.4) is 0 Å². The highest BCUT2D eigenvalue weighted by Gasteiger charge is 2.52. The topological polar surface area (TPSA) is 315 Å². The van der Waals surface area contributed by atoms with Gasteiger partial charge in [-0.25, -0.2) is 19.6 Å². The fourth-order valence-electron chi connectivity index (χ4n) is 10.9. The number of hydrogen-bond donors (Lipinski definition) is 6. The van der Waals surface area contributed by atoms with E-state index >= 15 is 0 Å². The molecule has 95 heavy (non-hydrogen) atoms. The number of benzene rings is 2. The summed E-state index contributed by atoms with van der Waals surface area (Å²) in [6.45, 7) is 17.5. The quantitative estimate of drug-likeness (QED) is 0.0489. The zero-order chi connectivity index (χ0) is 66.8. The molecule has 25 heteroatoms. The molecule has 8 aromatic rings. The third kappa shape index (κ3) is 18.0. The molecule has 0 radical (unpaired) electrons. The third-order valence-electron chi connectivity index (χ3n) is 16.3. The molecule has 500 valence electrons. The summed E-state index contributed by atoms with van der Waals surface area (Å²) >= 11 is 9.53. The number of halogens is 2. The van der Waals surface area contributed by atoms with Gasteiger partial charge >= 0.3 is 12.1 Å². The van der Waals surface area contributed by atoms with Gasteiger partial charge in [-0.05, 0) is 154 Å². The Morgan fingerprint density at radius 3 is 1.39 bits per heavy atom. The van der Waals surface area contributed by atoms with E-state index in [1.54, 1.807) is 66.0 Å². The molecule has 6 aliphatic heterocycles. The number of furan rings is 2. The molecule has 6 aromatic heterocycles. The van der Waals surface area contributed by atoms with Crippen LogP contribution in [-0.4, -0.2) is 151 Å². The number of aromatic carboxylic acids is 1. The molecule has 23 nitrogen and oxygen atoms in total. The van der Waals surface area contributed by atoms with Crippen LogP contribution in [0.2, 0.25) is 0 Å². The van der Waals surface area contributed by atoms with Gasteiger partial charge in [-0.1, -0.05) is 7.43 Å². The van der Waals surface area contributed by atoms with Crippen LogP contribution in [0.5, 0.6) is 0 Å². The predicted octanol–water partition coefficient (Wildman–Crippen LogP) is 10.7. The fourth-order valence-corrected chi connectivity index (χ4v) is 10.9. The molecular weight excluding hydrogens is 1260 g/mol. The number of aryl methyl sites for hydroxylation is 2. The van der Waals surface area contributed by atoms with E-state index in [0.29, 0.717) is 66.2 Å². The number of likely N-dealkylation sites (tertiary alicyclic amines) is 2. The number of carbonyl (C=O) groups excluding carboxylic acids is 4. The molecular formula is C70H79Cl2N11O12. The number of fused-ring (bicyclic) bond motifs is 2. The van der Waals surface area contributed by atoms with Gasteiger partial charge in [0.1, 0.15) is 51.1 Å². The van der Waals surface area contributed by atoms with Gasteiger partial charge in [-0.15, -0.1) is 23.2 Å². The lowest BCUT2D eigenvalue weighted by Gasteiger charge is -2.55. The molecule has 0 bridgehead atoms. The van der Waals surface area contributed by atoms with Crippen LogP contribution in [0.15, 0.2) is 131 Å². The monoisotopic (exact) mass is 1340 g/mol. The van der Waals surface area contributed by atoms with Gasteiger partial charge in [0, 0.05) is 91.2 Å². The standard InChI is InChI=1S/C29H27N5O4.C24H20N4O4.C10H17NO3.C5H9NO.CH2Cl2.CH4/c1-18-10-21(24-5-4-20(14-31-24)28(36)34-16-29(17-34)8-9-37-29)11-22-12-23(38-27(18)22)15-33-26(35)7-3-19-2-6-25(30)32-13-19;1-14-8-17(20-5-4-16(12-26-20)24(30)31)9-18-10-19(32-23(14)18)13-28-22(29)7-3-15-2-6-21(25)27-11-15;1-9(2,3)14-8(12)11-6-10(7-11)4-5-13-10;1-2-7-5(1)3-6-4-5;2-1-3;/h2-7,10-14H,8-9,15-17H2,1H3,(H2,30,32)(H,33,35);2-12H,13H2,1H3,(H2,25,27)(H,28,29)(H,30,31);4-7H2,1-3H3;6H,1-4H2;1H2;1H4/b2*7-3+;;;;. The number of pyridine rings is 4. The second kappa shape index (κ2) is 30.5. The van der Waals surface area contributed by atoms with Crippen LogP contribution in [-0.2, 0) is 41.6 Å². The Kier molecular flexibility index (Phi) is 22.5. The van der Waals surface area contributed by atoms with Crippen molar-refractivity contribution in [2.24, 2.45) is 0 Å². The van der Waals surface area contributed by atoms with Gasteiger partial charge in [-0.2, -0.15) is 0 Å². The molecule has 6 fully saturated rings. The van der Waals surface area contributed by atoms with Crippen molar-refractivity contribution >= 4 is 98.7 Å². The van der Waals surface area contributed by atoms with E-state index < -0.39 is 11.6 Å². The number of nitrogens with zero attached hydrogens (tertiary/aromatic N) is 6. The average molecular weight is 1340 g/mol. The van der Waals surface area contributed by atoms with Gasteiger partial charge in [0.2, 0.25) is 11.8 Å². The average Bonchev–Trinajstić information content (AvgIpc) is 1.77. The van der Waals surface area contributed by atoms with Gasteiger partial charge in [-0.3, -0.25) is 24.4 Å². The number of carboxylic acid groups (broad SMARTS) is 1. The van der Waals surface area contributed by atoms with Gasteiger partial charge < -0.3 is 70.1 Å². The number of hydrogen-bond acceptors (Lipinski definition) is 18. The molecule has 6 saturated heterocycles. The summed E-state index contributed by atoms with van der Waals surface area (Å²) in [5.74, 6) is 0.573. The van der Waals surface area contributed by atoms with Crippen LogP contribution >= 0.6 is 23.2 Å². The predicted molar refractivity (Wildman–Crippen MR) is 364 cm³/mol. The zero-order valence-corrected chi connectivity index (χ0v) is 54.4. The highest BCUT2D eigenvalue weighted by atomic mass is 35.5. The van der Waals surface area contributed by atoms with E-state index in [-0.39, 0.29) is 66.4 Å². The maximum absolute atomic E-state index is 12.7. The minimum absolute atomic E-state index is 0. The minimum atomic E-state index is -1.02. The lowest BCUT2D eigenvalue weighted by atomic mass is 9.86. The van der Waals surface area contributed by atoms with Crippen molar-refractivity contribution in [3.05, 3.63) is 167 Å². The molecule has 2 aromatic carbocycles.